The monoisotopic (exact) mass is 143 g/mol. The molecule has 0 rings (SSSR count). The van der Waals surface area contributed by atoms with Crippen LogP contribution < -0.4 is 0 Å². The van der Waals surface area contributed by atoms with Gasteiger partial charge in [-0.25, -0.2) is 9.79 Å². The van der Waals surface area contributed by atoms with Crippen LogP contribution in [0.5, 0.6) is 0 Å². The first-order valence-corrected chi connectivity index (χ1v) is 2.88. The molecular weight excluding hydrogens is 134 g/mol. The lowest BCUT2D eigenvalue weighted by Gasteiger charge is -1.91. The summed E-state index contributed by atoms with van der Waals surface area (Å²) in [6, 6.07) is 0. The number of aliphatic imine (C=N–C) groups is 1. The van der Waals surface area contributed by atoms with Crippen LogP contribution in [-0.4, -0.2) is 24.7 Å². The van der Waals surface area contributed by atoms with E-state index in [1.54, 1.807) is 6.92 Å². The molecule has 0 fully saturated rings. The summed E-state index contributed by atoms with van der Waals surface area (Å²) in [5.74, 6) is -0.995. The normalized spacial score (nSPS) is 9.80. The van der Waals surface area contributed by atoms with E-state index >= 15 is 0 Å². The summed E-state index contributed by atoms with van der Waals surface area (Å²) in [6.45, 7) is 3.23. The number of carbonyl (C=O) groups is 2. The highest BCUT2D eigenvalue weighted by Crippen LogP contribution is 1.74. The Bertz CT molecular complexity index is 162. The molecule has 0 saturated heterocycles. The molecule has 4 nitrogen and oxygen atoms in total. The molecule has 0 spiro atoms. The van der Waals surface area contributed by atoms with E-state index in [4.69, 9.17) is 0 Å². The van der Waals surface area contributed by atoms with Crippen LogP contribution >= 0.6 is 0 Å². The van der Waals surface area contributed by atoms with Crippen molar-refractivity contribution in [1.29, 1.82) is 0 Å². The van der Waals surface area contributed by atoms with Crippen molar-refractivity contribution in [2.24, 2.45) is 4.99 Å². The SMILES string of the molecule is CCOC(=O)C=NC(C)=O. The fraction of sp³-hybridized carbons (Fsp3) is 0.500. The van der Waals surface area contributed by atoms with Gasteiger partial charge in [0.05, 0.1) is 6.61 Å². The van der Waals surface area contributed by atoms with Crippen molar-refractivity contribution in [3.05, 3.63) is 0 Å². The highest BCUT2D eigenvalue weighted by Gasteiger charge is 1.93. The molecule has 1 amide bonds. The molecule has 0 bridgehead atoms. The van der Waals surface area contributed by atoms with Gasteiger partial charge in [0.1, 0.15) is 6.21 Å². The van der Waals surface area contributed by atoms with Gasteiger partial charge in [-0.15, -0.1) is 0 Å². The van der Waals surface area contributed by atoms with Gasteiger partial charge in [-0.1, -0.05) is 0 Å². The van der Waals surface area contributed by atoms with Gasteiger partial charge in [-0.05, 0) is 6.92 Å². The maximum atomic E-state index is 10.4. The Hall–Kier alpha value is -1.19. The standard InChI is InChI=1S/C6H9NO3/c1-3-10-6(9)4-7-5(2)8/h4H,3H2,1-2H3. The van der Waals surface area contributed by atoms with Crippen LogP contribution in [0.4, 0.5) is 0 Å². The van der Waals surface area contributed by atoms with E-state index in [0.717, 1.165) is 6.21 Å². The summed E-state index contributed by atoms with van der Waals surface area (Å²) < 4.78 is 4.45. The van der Waals surface area contributed by atoms with E-state index in [-0.39, 0.29) is 0 Å². The molecule has 4 heteroatoms. The zero-order valence-electron chi connectivity index (χ0n) is 5.96. The Balaban J connectivity index is 3.67. The molecule has 0 N–H and O–H groups in total. The molecule has 0 unspecified atom stereocenters. The van der Waals surface area contributed by atoms with Gasteiger partial charge in [0.2, 0.25) is 5.91 Å². The first kappa shape index (κ1) is 8.81. The second-order valence-corrected chi connectivity index (χ2v) is 1.53. The van der Waals surface area contributed by atoms with E-state index < -0.39 is 11.9 Å². The lowest BCUT2D eigenvalue weighted by molar-refractivity contribution is -0.134. The minimum Gasteiger partial charge on any atom is -0.462 e. The lowest BCUT2D eigenvalue weighted by atomic mass is 10.7. The summed E-state index contributed by atoms with van der Waals surface area (Å²) in [7, 11) is 0. The topological polar surface area (TPSA) is 55.7 Å². The van der Waals surface area contributed by atoms with E-state index in [1.807, 2.05) is 0 Å². The minimum absolute atomic E-state index is 0.294. The summed E-state index contributed by atoms with van der Waals surface area (Å²) in [4.78, 5) is 23.8. The molecule has 0 aliphatic rings. The van der Waals surface area contributed by atoms with Crippen LogP contribution in [0.2, 0.25) is 0 Å². The van der Waals surface area contributed by atoms with Crippen LogP contribution in [0.1, 0.15) is 13.8 Å². The van der Waals surface area contributed by atoms with Gasteiger partial charge >= 0.3 is 5.97 Å². The van der Waals surface area contributed by atoms with E-state index in [1.165, 1.54) is 6.92 Å². The molecule has 0 aromatic carbocycles. The Labute approximate surface area is 58.9 Å². The predicted octanol–water partition coefficient (Wildman–Crippen LogP) is 0.167. The highest BCUT2D eigenvalue weighted by molar-refractivity contribution is 6.25. The zero-order valence-corrected chi connectivity index (χ0v) is 5.96. The molecule has 0 saturated carbocycles. The second-order valence-electron chi connectivity index (χ2n) is 1.53. The van der Waals surface area contributed by atoms with Gasteiger partial charge in [0.25, 0.3) is 0 Å². The maximum Gasteiger partial charge on any atom is 0.349 e. The summed E-state index contributed by atoms with van der Waals surface area (Å²) >= 11 is 0. The Morgan fingerprint density at radius 1 is 1.60 bits per heavy atom. The van der Waals surface area contributed by atoms with E-state index in [0.29, 0.717) is 6.61 Å². The van der Waals surface area contributed by atoms with E-state index in [9.17, 15) is 9.59 Å². The first-order valence-electron chi connectivity index (χ1n) is 2.88. The van der Waals surface area contributed by atoms with Crippen LogP contribution in [-0.2, 0) is 14.3 Å². The van der Waals surface area contributed by atoms with Crippen molar-refractivity contribution < 1.29 is 14.3 Å². The summed E-state index contributed by atoms with van der Waals surface area (Å²) in [5.41, 5.74) is 0. The Morgan fingerprint density at radius 2 is 2.20 bits per heavy atom. The number of hydrogen-bond acceptors (Lipinski definition) is 3. The average molecular weight is 143 g/mol. The fourth-order valence-corrected chi connectivity index (χ4v) is 0.323. The molecule has 0 atom stereocenters. The van der Waals surface area contributed by atoms with Crippen LogP contribution in [0.3, 0.4) is 0 Å². The number of hydrogen-bond donors (Lipinski definition) is 0. The smallest absolute Gasteiger partial charge is 0.349 e. The number of carbonyl (C=O) groups excluding carboxylic acids is 2. The van der Waals surface area contributed by atoms with Crippen molar-refractivity contribution in [2.75, 3.05) is 6.61 Å². The Kier molecular flexibility index (Phi) is 4.11. The summed E-state index contributed by atoms with van der Waals surface area (Å²) in [6.07, 6.45) is 0.867. The van der Waals surface area contributed by atoms with E-state index in [2.05, 4.69) is 9.73 Å². The number of ether oxygens (including phenoxy) is 1. The fourth-order valence-electron chi connectivity index (χ4n) is 0.323. The van der Waals surface area contributed by atoms with Gasteiger partial charge < -0.3 is 4.74 Å². The second kappa shape index (κ2) is 4.67. The van der Waals surface area contributed by atoms with Gasteiger partial charge in [0, 0.05) is 6.92 Å². The minimum atomic E-state index is -0.585. The van der Waals surface area contributed by atoms with Crippen LogP contribution in [0, 0.1) is 0 Å². The molecule has 0 aromatic rings. The molecule has 0 aliphatic carbocycles. The number of rotatable bonds is 2. The van der Waals surface area contributed by atoms with Crippen LogP contribution in [0.15, 0.2) is 4.99 Å². The predicted molar refractivity (Wildman–Crippen MR) is 35.8 cm³/mol. The van der Waals surface area contributed by atoms with Crippen molar-refractivity contribution in [3.8, 4) is 0 Å². The zero-order chi connectivity index (χ0) is 7.98. The van der Waals surface area contributed by atoms with Gasteiger partial charge in [0.15, 0.2) is 0 Å². The van der Waals surface area contributed by atoms with Crippen molar-refractivity contribution >= 4 is 18.1 Å². The molecule has 56 valence electrons. The van der Waals surface area contributed by atoms with Crippen molar-refractivity contribution in [3.63, 3.8) is 0 Å². The highest BCUT2D eigenvalue weighted by atomic mass is 16.5. The van der Waals surface area contributed by atoms with Crippen LogP contribution in [0.25, 0.3) is 0 Å². The molecule has 0 aromatic heterocycles. The molecule has 0 heterocycles. The third-order valence-electron chi connectivity index (χ3n) is 0.638. The molecule has 10 heavy (non-hydrogen) atoms. The molecule has 0 aliphatic heterocycles. The Morgan fingerprint density at radius 3 is 2.60 bits per heavy atom. The number of nitrogens with zero attached hydrogens (tertiary/aromatic N) is 1. The van der Waals surface area contributed by atoms with Crippen molar-refractivity contribution in [2.45, 2.75) is 13.8 Å². The lowest BCUT2D eigenvalue weighted by Crippen LogP contribution is -2.05. The average Bonchev–Trinajstić information content (AvgIpc) is 1.85. The first-order chi connectivity index (χ1) is 4.66. The largest absolute Gasteiger partial charge is 0.462 e. The summed E-state index contributed by atoms with van der Waals surface area (Å²) in [5, 5.41) is 0. The third-order valence-corrected chi connectivity index (χ3v) is 0.638. The number of amides is 1. The quantitative estimate of drug-likeness (QED) is 0.409. The van der Waals surface area contributed by atoms with Gasteiger partial charge in [-0.3, -0.25) is 4.79 Å². The molecular formula is C6H9NO3. The molecule has 0 radical (unpaired) electrons. The number of esters is 1. The maximum absolute atomic E-state index is 10.4. The van der Waals surface area contributed by atoms with Crippen molar-refractivity contribution in [1.82, 2.24) is 0 Å². The van der Waals surface area contributed by atoms with Gasteiger partial charge in [-0.2, -0.15) is 0 Å². The third kappa shape index (κ3) is 4.96.